The highest BCUT2D eigenvalue weighted by molar-refractivity contribution is 7.85. The smallest absolute Gasteiger partial charge is 0.266 e. The Morgan fingerprint density at radius 2 is 0.878 bits per heavy atom. The maximum atomic E-state index is 12.3. The van der Waals surface area contributed by atoms with E-state index in [9.17, 15) is 22.9 Å². The molecule has 2 unspecified atom stereocenters. The zero-order valence-corrected chi connectivity index (χ0v) is 28.0. The van der Waals surface area contributed by atoms with Gasteiger partial charge in [-0.2, -0.15) is 8.42 Å². The van der Waals surface area contributed by atoms with Gasteiger partial charge in [-0.25, -0.2) is 0 Å². The molecule has 246 valence electrons. The van der Waals surface area contributed by atoms with Crippen molar-refractivity contribution in [3.63, 3.8) is 0 Å². The first-order valence-electron chi connectivity index (χ1n) is 17.7. The molecule has 0 aliphatic rings. The van der Waals surface area contributed by atoms with Crippen molar-refractivity contribution in [1.82, 2.24) is 5.32 Å². The molecule has 3 N–H and O–H groups in total. The monoisotopic (exact) mass is 603 g/mol. The summed E-state index contributed by atoms with van der Waals surface area (Å²) in [4.78, 5) is 12.3. The van der Waals surface area contributed by atoms with E-state index < -0.39 is 28.0 Å². The van der Waals surface area contributed by atoms with Crippen molar-refractivity contribution in [3.05, 3.63) is 0 Å². The first kappa shape index (κ1) is 40.3. The van der Waals surface area contributed by atoms with E-state index >= 15 is 0 Å². The molecule has 0 spiro atoms. The molecule has 0 aliphatic heterocycles. The predicted octanol–water partition coefficient (Wildman–Crippen LogP) is 9.68. The molecule has 7 heteroatoms. The lowest BCUT2D eigenvalue weighted by molar-refractivity contribution is -0.122. The van der Waals surface area contributed by atoms with E-state index in [2.05, 4.69) is 19.2 Å². The third-order valence-electron chi connectivity index (χ3n) is 8.31. The van der Waals surface area contributed by atoms with Gasteiger partial charge in [-0.3, -0.25) is 9.35 Å². The van der Waals surface area contributed by atoms with Crippen molar-refractivity contribution in [3.8, 4) is 0 Å². The van der Waals surface area contributed by atoms with Gasteiger partial charge in [0, 0.05) is 6.42 Å². The van der Waals surface area contributed by atoms with Gasteiger partial charge in [0.05, 0.1) is 17.9 Å². The van der Waals surface area contributed by atoms with Crippen molar-refractivity contribution < 1.29 is 22.9 Å². The summed E-state index contributed by atoms with van der Waals surface area (Å²) >= 11 is 0. The van der Waals surface area contributed by atoms with Gasteiger partial charge in [0.15, 0.2) is 0 Å². The quantitative estimate of drug-likeness (QED) is 0.0524. The largest absolute Gasteiger partial charge is 0.391 e. The SMILES string of the molecule is CCCCCCCCCCCCCCCCCCCCCC(O)C(CS(=O)(=O)O)NC(=O)CCCCCCCCC. The topological polar surface area (TPSA) is 104 Å². The summed E-state index contributed by atoms with van der Waals surface area (Å²) in [5.74, 6) is -0.893. The Labute approximate surface area is 255 Å². The van der Waals surface area contributed by atoms with Crippen LogP contribution < -0.4 is 5.32 Å². The van der Waals surface area contributed by atoms with Gasteiger partial charge in [0.25, 0.3) is 10.1 Å². The lowest BCUT2D eigenvalue weighted by Crippen LogP contribution is -2.47. The average Bonchev–Trinajstić information content (AvgIpc) is 2.92. The molecule has 0 saturated carbocycles. The molecule has 0 aromatic rings. The molecule has 0 aromatic carbocycles. The highest BCUT2D eigenvalue weighted by Crippen LogP contribution is 2.16. The fourth-order valence-electron chi connectivity index (χ4n) is 5.63. The van der Waals surface area contributed by atoms with Crippen LogP contribution in [0.4, 0.5) is 0 Å². The molecule has 0 aliphatic carbocycles. The van der Waals surface area contributed by atoms with E-state index in [1.165, 1.54) is 128 Å². The van der Waals surface area contributed by atoms with Gasteiger partial charge in [0.1, 0.15) is 0 Å². The van der Waals surface area contributed by atoms with Crippen LogP contribution in [-0.4, -0.2) is 41.9 Å². The molecule has 0 radical (unpaired) electrons. The van der Waals surface area contributed by atoms with Gasteiger partial charge in [-0.15, -0.1) is 0 Å². The Morgan fingerprint density at radius 1 is 0.561 bits per heavy atom. The third kappa shape index (κ3) is 30.6. The molecule has 6 nitrogen and oxygen atoms in total. The highest BCUT2D eigenvalue weighted by Gasteiger charge is 2.26. The van der Waals surface area contributed by atoms with E-state index in [4.69, 9.17) is 0 Å². The lowest BCUT2D eigenvalue weighted by Gasteiger charge is -2.23. The minimum Gasteiger partial charge on any atom is -0.391 e. The first-order valence-corrected chi connectivity index (χ1v) is 19.3. The molecule has 0 bridgehead atoms. The summed E-state index contributed by atoms with van der Waals surface area (Å²) in [6.07, 6.45) is 32.1. The Hall–Kier alpha value is -0.660. The molecule has 1 amide bonds. The maximum Gasteiger partial charge on any atom is 0.266 e. The van der Waals surface area contributed by atoms with Crippen LogP contribution in [0.25, 0.3) is 0 Å². The van der Waals surface area contributed by atoms with Crippen LogP contribution in [0.1, 0.15) is 194 Å². The highest BCUT2D eigenvalue weighted by atomic mass is 32.2. The van der Waals surface area contributed by atoms with Crippen LogP contribution in [0.15, 0.2) is 0 Å². The molecule has 2 atom stereocenters. The summed E-state index contributed by atoms with van der Waals surface area (Å²) in [7, 11) is -4.29. The van der Waals surface area contributed by atoms with Crippen LogP contribution >= 0.6 is 0 Å². The maximum absolute atomic E-state index is 12.3. The van der Waals surface area contributed by atoms with Crippen molar-refractivity contribution in [2.45, 2.75) is 206 Å². The van der Waals surface area contributed by atoms with Gasteiger partial charge in [0.2, 0.25) is 5.91 Å². The fourth-order valence-corrected chi connectivity index (χ4v) is 6.39. The first-order chi connectivity index (χ1) is 19.8. The number of aliphatic hydroxyl groups is 1. The Bertz CT molecular complexity index is 670. The van der Waals surface area contributed by atoms with Crippen LogP contribution in [0.3, 0.4) is 0 Å². The van der Waals surface area contributed by atoms with Crippen LogP contribution in [-0.2, 0) is 14.9 Å². The Balaban J connectivity index is 3.79. The number of amides is 1. The van der Waals surface area contributed by atoms with Crippen LogP contribution in [0.5, 0.6) is 0 Å². The second-order valence-corrected chi connectivity index (χ2v) is 14.0. The zero-order chi connectivity index (χ0) is 30.4. The van der Waals surface area contributed by atoms with Crippen molar-refractivity contribution in [2.24, 2.45) is 0 Å². The van der Waals surface area contributed by atoms with E-state index in [0.717, 1.165) is 38.5 Å². The minimum atomic E-state index is -4.29. The normalized spacial score (nSPS) is 13.4. The second-order valence-electron chi connectivity index (χ2n) is 12.5. The molecular formula is C34H69NO5S. The Kier molecular flexibility index (Phi) is 28.9. The number of nitrogens with one attached hydrogen (secondary N) is 1. The number of carbonyl (C=O) groups is 1. The van der Waals surface area contributed by atoms with Crippen molar-refractivity contribution in [1.29, 1.82) is 0 Å². The minimum absolute atomic E-state index is 0.251. The summed E-state index contributed by atoms with van der Waals surface area (Å²) in [5, 5.41) is 13.2. The van der Waals surface area contributed by atoms with Gasteiger partial charge in [-0.1, -0.05) is 174 Å². The fraction of sp³-hybridized carbons (Fsp3) is 0.971. The van der Waals surface area contributed by atoms with Crippen LogP contribution in [0.2, 0.25) is 0 Å². The summed E-state index contributed by atoms with van der Waals surface area (Å²) in [5.41, 5.74) is 0. The van der Waals surface area contributed by atoms with Gasteiger partial charge >= 0.3 is 0 Å². The molecule has 0 fully saturated rings. The summed E-state index contributed by atoms with van der Waals surface area (Å²) in [6.45, 7) is 4.46. The molecular weight excluding hydrogens is 534 g/mol. The second kappa shape index (κ2) is 29.4. The van der Waals surface area contributed by atoms with Crippen molar-refractivity contribution >= 4 is 16.0 Å². The predicted molar refractivity (Wildman–Crippen MR) is 175 cm³/mol. The van der Waals surface area contributed by atoms with E-state index in [-0.39, 0.29) is 5.91 Å². The van der Waals surface area contributed by atoms with Crippen LogP contribution in [0, 0.1) is 0 Å². The number of rotatable bonds is 32. The molecule has 0 heterocycles. The molecule has 0 rings (SSSR count). The average molecular weight is 604 g/mol. The molecule has 41 heavy (non-hydrogen) atoms. The Morgan fingerprint density at radius 3 is 1.22 bits per heavy atom. The number of carbonyl (C=O) groups excluding carboxylic acids is 1. The summed E-state index contributed by atoms with van der Waals surface area (Å²) in [6, 6.07) is -0.961. The standard InChI is InChI=1S/C34H69NO5S/c1-3-5-7-9-11-12-13-14-15-16-17-18-19-20-21-22-24-25-27-29-33(36)32(31-41(38,39)40)35-34(37)30-28-26-23-10-8-6-4-2/h32-33,36H,3-31H2,1-2H3,(H,35,37)(H,38,39,40). The van der Waals surface area contributed by atoms with E-state index in [1.807, 2.05) is 0 Å². The number of aliphatic hydroxyl groups excluding tert-OH is 1. The lowest BCUT2D eigenvalue weighted by atomic mass is 10.0. The number of hydrogen-bond acceptors (Lipinski definition) is 4. The zero-order valence-electron chi connectivity index (χ0n) is 27.2. The third-order valence-corrected chi connectivity index (χ3v) is 9.09. The van der Waals surface area contributed by atoms with Gasteiger partial charge < -0.3 is 10.4 Å². The van der Waals surface area contributed by atoms with E-state index in [1.54, 1.807) is 0 Å². The number of hydrogen-bond donors (Lipinski definition) is 3. The molecule has 0 saturated heterocycles. The van der Waals surface area contributed by atoms with Gasteiger partial charge in [-0.05, 0) is 12.8 Å². The number of unbranched alkanes of at least 4 members (excludes halogenated alkanes) is 24. The summed E-state index contributed by atoms with van der Waals surface area (Å²) < 4.78 is 32.2. The van der Waals surface area contributed by atoms with Crippen molar-refractivity contribution in [2.75, 3.05) is 5.75 Å². The van der Waals surface area contributed by atoms with E-state index in [0.29, 0.717) is 12.8 Å². The molecule has 0 aromatic heterocycles.